The van der Waals surface area contributed by atoms with E-state index in [4.69, 9.17) is 0 Å². The van der Waals surface area contributed by atoms with Gasteiger partial charge in [0.1, 0.15) is 12.4 Å². The molecule has 6 nitrogen and oxygen atoms in total. The Morgan fingerprint density at radius 1 is 1.09 bits per heavy atom. The molecule has 0 amide bonds. The molecule has 2 aromatic heterocycles. The van der Waals surface area contributed by atoms with Crippen LogP contribution in [0.15, 0.2) is 53.5 Å². The number of hydrogen-bond donors (Lipinski definition) is 2. The second-order valence-electron chi connectivity index (χ2n) is 8.75. The number of aryl methyl sites for hydroxylation is 1. The van der Waals surface area contributed by atoms with Crippen molar-refractivity contribution >= 4 is 27.6 Å². The summed E-state index contributed by atoms with van der Waals surface area (Å²) in [6.45, 7) is 5.22. The van der Waals surface area contributed by atoms with E-state index in [0.717, 1.165) is 0 Å². The summed E-state index contributed by atoms with van der Waals surface area (Å²) in [5, 5.41) is 21.4. The number of benzene rings is 2. The summed E-state index contributed by atoms with van der Waals surface area (Å²) in [6, 6.07) is 11.5. The van der Waals surface area contributed by atoms with Crippen LogP contribution >= 0.6 is 0 Å². The van der Waals surface area contributed by atoms with Crippen molar-refractivity contribution in [2.24, 2.45) is 0 Å². The van der Waals surface area contributed by atoms with Crippen LogP contribution in [0.1, 0.15) is 26.0 Å². The standard InChI is InChI=1S/C25H25FN2O4/c1-15-23(19-12-16(26)8-9-21(19)28(15)14-22(29)30)20-13-27(11-10-25(2,3)32)24(31)18-7-5-4-6-17(18)20/h4-9,12-13,32H,10-11,14H2,1-3H3,(H,29,30). The molecule has 4 aromatic rings. The van der Waals surface area contributed by atoms with Crippen molar-refractivity contribution in [2.45, 2.75) is 45.9 Å². The number of aliphatic carboxylic acids is 1. The first-order valence-electron chi connectivity index (χ1n) is 10.4. The van der Waals surface area contributed by atoms with E-state index < -0.39 is 17.4 Å². The molecule has 0 spiro atoms. The van der Waals surface area contributed by atoms with Crippen LogP contribution in [-0.2, 0) is 17.9 Å². The van der Waals surface area contributed by atoms with Gasteiger partial charge in [-0.25, -0.2) is 4.39 Å². The first-order valence-corrected chi connectivity index (χ1v) is 10.4. The molecule has 7 heteroatoms. The van der Waals surface area contributed by atoms with Gasteiger partial charge in [-0.05, 0) is 56.8 Å². The summed E-state index contributed by atoms with van der Waals surface area (Å²) in [4.78, 5) is 24.6. The molecule has 0 saturated heterocycles. The predicted octanol–water partition coefficient (Wildman–Crippen LogP) is 4.32. The van der Waals surface area contributed by atoms with Crippen LogP contribution in [0.25, 0.3) is 32.8 Å². The Labute approximate surface area is 184 Å². The fourth-order valence-corrected chi connectivity index (χ4v) is 4.24. The molecule has 0 aliphatic heterocycles. The molecule has 0 fully saturated rings. The second kappa shape index (κ2) is 7.91. The van der Waals surface area contributed by atoms with Gasteiger partial charge in [0.25, 0.3) is 5.56 Å². The zero-order valence-corrected chi connectivity index (χ0v) is 18.2. The van der Waals surface area contributed by atoms with Crippen molar-refractivity contribution in [3.8, 4) is 11.1 Å². The molecule has 4 rings (SSSR count). The van der Waals surface area contributed by atoms with Crippen molar-refractivity contribution in [1.82, 2.24) is 9.13 Å². The van der Waals surface area contributed by atoms with Gasteiger partial charge >= 0.3 is 5.97 Å². The molecule has 0 unspecified atom stereocenters. The highest BCUT2D eigenvalue weighted by Crippen LogP contribution is 2.38. The summed E-state index contributed by atoms with van der Waals surface area (Å²) < 4.78 is 17.4. The lowest BCUT2D eigenvalue weighted by molar-refractivity contribution is -0.137. The highest BCUT2D eigenvalue weighted by molar-refractivity contribution is 6.06. The van der Waals surface area contributed by atoms with Gasteiger partial charge in [0.15, 0.2) is 0 Å². The largest absolute Gasteiger partial charge is 0.480 e. The van der Waals surface area contributed by atoms with Crippen molar-refractivity contribution < 1.29 is 19.4 Å². The molecule has 0 aliphatic rings. The van der Waals surface area contributed by atoms with Crippen molar-refractivity contribution in [3.63, 3.8) is 0 Å². The number of halogens is 1. The summed E-state index contributed by atoms with van der Waals surface area (Å²) in [5.41, 5.74) is 1.57. The Morgan fingerprint density at radius 3 is 2.44 bits per heavy atom. The second-order valence-corrected chi connectivity index (χ2v) is 8.75. The third-order valence-electron chi connectivity index (χ3n) is 5.81. The molecule has 2 N–H and O–H groups in total. The molecule has 2 heterocycles. The van der Waals surface area contributed by atoms with Crippen LogP contribution in [0.2, 0.25) is 0 Å². The number of aliphatic hydroxyl groups is 1. The number of carbonyl (C=O) groups is 1. The van der Waals surface area contributed by atoms with Gasteiger partial charge in [0.05, 0.1) is 5.60 Å². The Balaban J connectivity index is 2.06. The number of carboxylic acid groups (broad SMARTS) is 1. The van der Waals surface area contributed by atoms with Crippen molar-refractivity contribution in [2.75, 3.05) is 0 Å². The fourth-order valence-electron chi connectivity index (χ4n) is 4.24. The molecule has 0 radical (unpaired) electrons. The lowest BCUT2D eigenvalue weighted by Crippen LogP contribution is -2.26. The SMILES string of the molecule is Cc1c(-c2cn(CCC(C)(C)O)c(=O)c3ccccc23)c2cc(F)ccc2n1CC(=O)O. The number of pyridine rings is 1. The number of carboxylic acids is 1. The topological polar surface area (TPSA) is 84.5 Å². The molecule has 32 heavy (non-hydrogen) atoms. The number of fused-ring (bicyclic) bond motifs is 2. The quantitative estimate of drug-likeness (QED) is 0.472. The lowest BCUT2D eigenvalue weighted by Gasteiger charge is -2.19. The molecule has 0 aliphatic carbocycles. The summed E-state index contributed by atoms with van der Waals surface area (Å²) in [7, 11) is 0. The maximum absolute atomic E-state index is 14.2. The molecule has 0 bridgehead atoms. The maximum Gasteiger partial charge on any atom is 0.323 e. The predicted molar refractivity (Wildman–Crippen MR) is 122 cm³/mol. The summed E-state index contributed by atoms with van der Waals surface area (Å²) in [5.74, 6) is -1.42. The van der Waals surface area contributed by atoms with Crippen LogP contribution in [-0.4, -0.2) is 30.9 Å². The smallest absolute Gasteiger partial charge is 0.323 e. The highest BCUT2D eigenvalue weighted by Gasteiger charge is 2.21. The number of rotatable bonds is 6. The van der Waals surface area contributed by atoms with E-state index in [1.165, 1.54) is 12.1 Å². The third-order valence-corrected chi connectivity index (χ3v) is 5.81. The van der Waals surface area contributed by atoms with E-state index in [-0.39, 0.29) is 12.1 Å². The third kappa shape index (κ3) is 3.91. The van der Waals surface area contributed by atoms with Crippen LogP contribution < -0.4 is 5.56 Å². The fraction of sp³-hybridized carbons (Fsp3) is 0.280. The number of nitrogens with zero attached hydrogens (tertiary/aromatic N) is 2. The monoisotopic (exact) mass is 436 g/mol. The van der Waals surface area contributed by atoms with E-state index in [0.29, 0.717) is 51.5 Å². The van der Waals surface area contributed by atoms with Gasteiger partial charge in [0.2, 0.25) is 0 Å². The van der Waals surface area contributed by atoms with Crippen LogP contribution in [0.3, 0.4) is 0 Å². The van der Waals surface area contributed by atoms with Gasteiger partial charge in [-0.1, -0.05) is 18.2 Å². The maximum atomic E-state index is 14.2. The summed E-state index contributed by atoms with van der Waals surface area (Å²) in [6.07, 6.45) is 2.10. The number of hydrogen-bond acceptors (Lipinski definition) is 3. The minimum Gasteiger partial charge on any atom is -0.480 e. The van der Waals surface area contributed by atoms with Crippen molar-refractivity contribution in [3.05, 3.63) is 70.5 Å². The van der Waals surface area contributed by atoms with E-state index in [9.17, 15) is 24.2 Å². The molecule has 166 valence electrons. The van der Waals surface area contributed by atoms with Crippen LogP contribution in [0, 0.1) is 12.7 Å². The zero-order valence-electron chi connectivity index (χ0n) is 18.2. The Kier molecular flexibility index (Phi) is 5.38. The van der Waals surface area contributed by atoms with Gasteiger partial charge in [0, 0.05) is 45.9 Å². The lowest BCUT2D eigenvalue weighted by atomic mass is 9.97. The Morgan fingerprint density at radius 2 is 1.78 bits per heavy atom. The van der Waals surface area contributed by atoms with Gasteiger partial charge in [-0.3, -0.25) is 9.59 Å². The first-order chi connectivity index (χ1) is 15.1. The molecule has 2 aromatic carbocycles. The zero-order chi connectivity index (χ0) is 23.2. The molecular weight excluding hydrogens is 411 g/mol. The minimum atomic E-state index is -0.999. The minimum absolute atomic E-state index is 0.174. The van der Waals surface area contributed by atoms with Gasteiger partial charge in [-0.15, -0.1) is 0 Å². The highest BCUT2D eigenvalue weighted by atomic mass is 19.1. The van der Waals surface area contributed by atoms with Gasteiger partial charge < -0.3 is 19.3 Å². The van der Waals surface area contributed by atoms with E-state index >= 15 is 0 Å². The number of aromatic nitrogens is 2. The van der Waals surface area contributed by atoms with Crippen LogP contribution in [0.4, 0.5) is 4.39 Å². The molecule has 0 atom stereocenters. The summed E-state index contributed by atoms with van der Waals surface area (Å²) >= 11 is 0. The molecule has 0 saturated carbocycles. The van der Waals surface area contributed by atoms with Crippen molar-refractivity contribution in [1.29, 1.82) is 0 Å². The Bertz CT molecular complexity index is 1410. The first kappa shape index (κ1) is 21.8. The van der Waals surface area contributed by atoms with E-state index in [1.807, 2.05) is 12.1 Å². The Hall–Kier alpha value is -3.45. The van der Waals surface area contributed by atoms with Crippen LogP contribution in [0.5, 0.6) is 0 Å². The average molecular weight is 436 g/mol. The van der Waals surface area contributed by atoms with Gasteiger partial charge in [-0.2, -0.15) is 0 Å². The molecular formula is C25H25FN2O4. The van der Waals surface area contributed by atoms with E-state index in [1.54, 1.807) is 54.3 Å². The normalized spacial score (nSPS) is 12.0. The average Bonchev–Trinajstić information content (AvgIpc) is 2.97. The van der Waals surface area contributed by atoms with E-state index in [2.05, 4.69) is 0 Å².